The van der Waals surface area contributed by atoms with Gasteiger partial charge >= 0.3 is 0 Å². The first-order valence-corrected chi connectivity index (χ1v) is 7.15. The summed E-state index contributed by atoms with van der Waals surface area (Å²) >= 11 is 0. The molecular formula is C16H24N2. The Kier molecular flexibility index (Phi) is 4.80. The smallest absolute Gasteiger partial charge is 0.0809 e. The van der Waals surface area contributed by atoms with Gasteiger partial charge in [0.1, 0.15) is 0 Å². The SMILES string of the molecule is CC(C)Nc1cccccc1=NC1CCCCC1. The summed E-state index contributed by atoms with van der Waals surface area (Å²) in [6, 6.07) is 11.4. The summed E-state index contributed by atoms with van der Waals surface area (Å²) in [6.07, 6.45) is 6.55. The van der Waals surface area contributed by atoms with Crippen molar-refractivity contribution in [1.29, 1.82) is 0 Å². The summed E-state index contributed by atoms with van der Waals surface area (Å²) in [5, 5.41) is 4.60. The maximum Gasteiger partial charge on any atom is 0.0809 e. The molecule has 1 aliphatic carbocycles. The normalized spacial score (nSPS) is 18.1. The van der Waals surface area contributed by atoms with Crippen LogP contribution in [0.1, 0.15) is 46.0 Å². The second-order valence-corrected chi connectivity index (χ2v) is 5.43. The van der Waals surface area contributed by atoms with Crippen molar-refractivity contribution in [2.45, 2.75) is 58.0 Å². The molecule has 0 aliphatic heterocycles. The van der Waals surface area contributed by atoms with Gasteiger partial charge in [0, 0.05) is 6.04 Å². The van der Waals surface area contributed by atoms with Gasteiger partial charge in [0.25, 0.3) is 0 Å². The third kappa shape index (κ3) is 3.86. The number of hydrogen-bond donors (Lipinski definition) is 1. The van der Waals surface area contributed by atoms with E-state index < -0.39 is 0 Å². The Morgan fingerprint density at radius 3 is 2.50 bits per heavy atom. The Hall–Kier alpha value is -1.31. The van der Waals surface area contributed by atoms with Crippen LogP contribution in [-0.4, -0.2) is 12.1 Å². The van der Waals surface area contributed by atoms with E-state index in [1.807, 2.05) is 0 Å². The van der Waals surface area contributed by atoms with E-state index >= 15 is 0 Å². The van der Waals surface area contributed by atoms with Crippen LogP contribution in [0.2, 0.25) is 0 Å². The van der Waals surface area contributed by atoms with Crippen molar-refractivity contribution in [3.8, 4) is 0 Å². The maximum absolute atomic E-state index is 4.95. The highest BCUT2D eigenvalue weighted by Crippen LogP contribution is 2.19. The van der Waals surface area contributed by atoms with E-state index in [1.54, 1.807) is 0 Å². The Balaban J connectivity index is 2.29. The van der Waals surface area contributed by atoms with E-state index in [-0.39, 0.29) is 0 Å². The summed E-state index contributed by atoms with van der Waals surface area (Å²) in [5.74, 6) is 0. The average molecular weight is 244 g/mol. The zero-order valence-electron chi connectivity index (χ0n) is 11.5. The molecule has 0 atom stereocenters. The highest BCUT2D eigenvalue weighted by atomic mass is 14.9. The van der Waals surface area contributed by atoms with Gasteiger partial charge in [-0.2, -0.15) is 0 Å². The summed E-state index contributed by atoms with van der Waals surface area (Å²) in [4.78, 5) is 4.95. The average Bonchev–Trinajstić information content (AvgIpc) is 2.56. The fourth-order valence-electron chi connectivity index (χ4n) is 2.49. The van der Waals surface area contributed by atoms with E-state index in [4.69, 9.17) is 4.99 Å². The molecule has 2 heteroatoms. The van der Waals surface area contributed by atoms with Crippen LogP contribution in [0, 0.1) is 0 Å². The maximum atomic E-state index is 4.95. The van der Waals surface area contributed by atoms with E-state index in [9.17, 15) is 0 Å². The molecule has 0 spiro atoms. The molecule has 0 radical (unpaired) electrons. The number of hydrogen-bond acceptors (Lipinski definition) is 2. The van der Waals surface area contributed by atoms with E-state index in [0.717, 1.165) is 11.0 Å². The van der Waals surface area contributed by atoms with Gasteiger partial charge in [-0.05, 0) is 38.8 Å². The lowest BCUT2D eigenvalue weighted by Gasteiger charge is -2.17. The lowest BCUT2D eigenvalue weighted by atomic mass is 9.96. The van der Waals surface area contributed by atoms with E-state index in [1.165, 1.54) is 32.1 Å². The molecule has 2 rings (SSSR count). The van der Waals surface area contributed by atoms with Crippen molar-refractivity contribution in [2.75, 3.05) is 5.32 Å². The van der Waals surface area contributed by atoms with Gasteiger partial charge in [-0.3, -0.25) is 4.99 Å². The molecule has 1 aromatic rings. The third-order valence-corrected chi connectivity index (χ3v) is 3.36. The Bertz CT molecular complexity index is 431. The molecule has 1 saturated carbocycles. The second-order valence-electron chi connectivity index (χ2n) is 5.43. The van der Waals surface area contributed by atoms with Crippen molar-refractivity contribution in [3.05, 3.63) is 35.7 Å². The van der Waals surface area contributed by atoms with Crippen molar-refractivity contribution in [1.82, 2.24) is 0 Å². The lowest BCUT2D eigenvalue weighted by Crippen LogP contribution is -2.20. The number of nitrogens with zero attached hydrogens (tertiary/aromatic N) is 1. The molecule has 1 aliphatic rings. The highest BCUT2D eigenvalue weighted by Gasteiger charge is 2.11. The largest absolute Gasteiger partial charge is 0.381 e. The zero-order chi connectivity index (χ0) is 12.8. The van der Waals surface area contributed by atoms with Gasteiger partial charge in [-0.1, -0.05) is 37.5 Å². The summed E-state index contributed by atoms with van der Waals surface area (Å²) in [6.45, 7) is 4.33. The zero-order valence-corrected chi connectivity index (χ0v) is 11.5. The van der Waals surface area contributed by atoms with Gasteiger partial charge in [0.15, 0.2) is 0 Å². The number of anilines is 1. The van der Waals surface area contributed by atoms with Gasteiger partial charge < -0.3 is 5.32 Å². The molecule has 1 N–H and O–H groups in total. The first-order chi connectivity index (χ1) is 8.75. The van der Waals surface area contributed by atoms with Crippen molar-refractivity contribution in [2.24, 2.45) is 4.99 Å². The molecule has 0 saturated heterocycles. The topological polar surface area (TPSA) is 24.4 Å². The predicted molar refractivity (Wildman–Crippen MR) is 77.6 cm³/mol. The van der Waals surface area contributed by atoms with Crippen LogP contribution < -0.4 is 10.7 Å². The van der Waals surface area contributed by atoms with Crippen LogP contribution in [-0.2, 0) is 0 Å². The van der Waals surface area contributed by atoms with Crippen LogP contribution >= 0.6 is 0 Å². The van der Waals surface area contributed by atoms with E-state index in [0.29, 0.717) is 12.1 Å². The number of rotatable bonds is 3. The summed E-state index contributed by atoms with van der Waals surface area (Å²) < 4.78 is 0. The molecule has 0 unspecified atom stereocenters. The molecule has 98 valence electrons. The molecule has 0 aromatic heterocycles. The molecule has 0 amide bonds. The predicted octanol–water partition coefficient (Wildman–Crippen LogP) is 3.74. The number of nitrogens with one attached hydrogen (secondary N) is 1. The Morgan fingerprint density at radius 1 is 1.06 bits per heavy atom. The molecule has 0 heterocycles. The monoisotopic (exact) mass is 244 g/mol. The Labute approximate surface area is 110 Å². The molecular weight excluding hydrogens is 220 g/mol. The molecule has 2 nitrogen and oxygen atoms in total. The van der Waals surface area contributed by atoms with Gasteiger partial charge in [-0.15, -0.1) is 0 Å². The molecule has 1 aromatic carbocycles. The minimum Gasteiger partial charge on any atom is -0.381 e. The molecule has 18 heavy (non-hydrogen) atoms. The molecule has 1 fully saturated rings. The van der Waals surface area contributed by atoms with Crippen LogP contribution in [0.25, 0.3) is 0 Å². The third-order valence-electron chi connectivity index (χ3n) is 3.36. The minimum absolute atomic E-state index is 0.438. The van der Waals surface area contributed by atoms with Crippen LogP contribution in [0.5, 0.6) is 0 Å². The Morgan fingerprint density at radius 2 is 1.78 bits per heavy atom. The summed E-state index contributed by atoms with van der Waals surface area (Å²) in [5.41, 5.74) is 1.15. The van der Waals surface area contributed by atoms with Crippen LogP contribution in [0.3, 0.4) is 0 Å². The fraction of sp³-hybridized carbons (Fsp3) is 0.562. The van der Waals surface area contributed by atoms with Gasteiger partial charge in [0.2, 0.25) is 0 Å². The minimum atomic E-state index is 0.438. The van der Waals surface area contributed by atoms with Crippen molar-refractivity contribution < 1.29 is 0 Å². The quantitative estimate of drug-likeness (QED) is 0.860. The van der Waals surface area contributed by atoms with E-state index in [2.05, 4.69) is 49.5 Å². The van der Waals surface area contributed by atoms with Gasteiger partial charge in [0.05, 0.1) is 17.1 Å². The standard InChI is InChI=1S/C16H24N2/c1-13(2)17-15-11-7-4-8-12-16(15)18-14-9-5-3-6-10-14/h4,7-8,11-14H,3,5-6,9-10H2,1-2H3,(H,17,18). The molecule has 0 bridgehead atoms. The first kappa shape index (κ1) is 13.1. The van der Waals surface area contributed by atoms with Crippen LogP contribution in [0.15, 0.2) is 35.3 Å². The lowest BCUT2D eigenvalue weighted by molar-refractivity contribution is 0.437. The first-order valence-electron chi connectivity index (χ1n) is 7.15. The van der Waals surface area contributed by atoms with Crippen molar-refractivity contribution in [3.63, 3.8) is 0 Å². The second kappa shape index (κ2) is 6.58. The fourth-order valence-corrected chi connectivity index (χ4v) is 2.49. The summed E-state index contributed by atoms with van der Waals surface area (Å²) in [7, 11) is 0. The van der Waals surface area contributed by atoms with Crippen LogP contribution in [0.4, 0.5) is 5.69 Å². The van der Waals surface area contributed by atoms with Crippen molar-refractivity contribution >= 4 is 5.69 Å². The highest BCUT2D eigenvalue weighted by molar-refractivity contribution is 5.42. The van der Waals surface area contributed by atoms with Gasteiger partial charge in [-0.25, -0.2) is 0 Å².